The molecule has 2 atom stereocenters. The van der Waals surface area contributed by atoms with Crippen molar-refractivity contribution in [3.63, 3.8) is 0 Å². The van der Waals surface area contributed by atoms with Crippen LogP contribution in [0.15, 0.2) is 84.8 Å². The van der Waals surface area contributed by atoms with Gasteiger partial charge in [-0.05, 0) is 80.6 Å². The third-order valence-corrected chi connectivity index (χ3v) is 9.38. The van der Waals surface area contributed by atoms with Crippen LogP contribution in [0.25, 0.3) is 10.9 Å². The Hall–Kier alpha value is -4.30. The van der Waals surface area contributed by atoms with Gasteiger partial charge in [0, 0.05) is 36.1 Å². The number of hydrazine groups is 2. The number of hydrogen-bond donors (Lipinski definition) is 4. The first-order valence-electron chi connectivity index (χ1n) is 15.8. The SMILES string of the molecule is [B][C@@](Nc1cc(Cl)c2ncc(C#N)c(N[C@H](CCN3CCCC3)c3ccccc3)c2c1)(C1=CN(C2CC2)NN1)c1ccc(F)cc1. The number of anilines is 2. The molecule has 11 heteroatoms. The van der Waals surface area contributed by atoms with Crippen LogP contribution >= 0.6 is 11.6 Å². The van der Waals surface area contributed by atoms with Crippen LogP contribution in [-0.2, 0) is 5.44 Å². The molecular formula is C35H35BClFN8. The fraction of sp³-hybridized carbons (Fsp3) is 0.314. The van der Waals surface area contributed by atoms with Crippen molar-refractivity contribution in [2.75, 3.05) is 30.3 Å². The Morgan fingerprint density at radius 2 is 1.87 bits per heavy atom. The maximum atomic E-state index is 14.0. The second-order valence-corrected chi connectivity index (χ2v) is 12.7. The highest BCUT2D eigenvalue weighted by atomic mass is 35.5. The van der Waals surface area contributed by atoms with Crippen molar-refractivity contribution in [1.82, 2.24) is 25.9 Å². The summed E-state index contributed by atoms with van der Waals surface area (Å²) in [6, 6.07) is 22.8. The van der Waals surface area contributed by atoms with Crippen LogP contribution in [-0.4, -0.2) is 48.4 Å². The molecule has 0 bridgehead atoms. The summed E-state index contributed by atoms with van der Waals surface area (Å²) < 4.78 is 14.0. The highest BCUT2D eigenvalue weighted by Gasteiger charge is 2.38. The molecule has 2 fully saturated rings. The van der Waals surface area contributed by atoms with Crippen LogP contribution in [0.4, 0.5) is 15.8 Å². The van der Waals surface area contributed by atoms with Crippen molar-refractivity contribution in [3.05, 3.63) is 112 Å². The zero-order valence-electron chi connectivity index (χ0n) is 25.4. The van der Waals surface area contributed by atoms with Crippen LogP contribution in [0, 0.1) is 17.1 Å². The molecular weight excluding hydrogens is 598 g/mol. The Morgan fingerprint density at radius 3 is 2.59 bits per heavy atom. The van der Waals surface area contributed by atoms with Crippen LogP contribution in [0.5, 0.6) is 0 Å². The average molecular weight is 633 g/mol. The standard InChI is InChI=1S/C35H35BClFN8/c36-35(25-8-10-26(38)11-9-25,32-22-46(44-43-32)28-12-13-28)42-27-18-29-33(24(20-39)21-40-34(29)30(37)19-27)41-31(23-6-2-1-3-7-23)14-17-45-15-4-5-16-45/h1-3,6-11,18-19,21-22,28,31,42-44H,4-5,12-17H2,(H,40,41)/t31-,35+/m1/s1. The Bertz CT molecular complexity index is 1790. The molecule has 4 N–H and O–H groups in total. The van der Waals surface area contributed by atoms with Gasteiger partial charge in [-0.15, -0.1) is 5.53 Å². The van der Waals surface area contributed by atoms with E-state index in [0.29, 0.717) is 50.2 Å². The zero-order valence-corrected chi connectivity index (χ0v) is 26.2. The van der Waals surface area contributed by atoms with E-state index < -0.39 is 5.44 Å². The summed E-state index contributed by atoms with van der Waals surface area (Å²) in [4.78, 5) is 7.07. The summed E-state index contributed by atoms with van der Waals surface area (Å²) in [5.41, 5.74) is 9.85. The lowest BCUT2D eigenvalue weighted by Gasteiger charge is -2.34. The molecule has 0 unspecified atom stereocenters. The lowest BCUT2D eigenvalue weighted by Crippen LogP contribution is -2.45. The van der Waals surface area contributed by atoms with E-state index in [2.05, 4.69) is 49.7 Å². The number of halogens is 2. The molecule has 1 aromatic heterocycles. The van der Waals surface area contributed by atoms with Gasteiger partial charge in [-0.25, -0.2) is 4.39 Å². The lowest BCUT2D eigenvalue weighted by atomic mass is 9.69. The lowest BCUT2D eigenvalue weighted by molar-refractivity contribution is 0.260. The third-order valence-electron chi connectivity index (χ3n) is 9.09. The average Bonchev–Trinajstić information content (AvgIpc) is 3.54. The molecule has 7 rings (SSSR count). The topological polar surface area (TPSA) is 91.3 Å². The molecule has 3 aromatic carbocycles. The number of likely N-dealkylation sites (tertiary alicyclic amines) is 1. The van der Waals surface area contributed by atoms with Gasteiger partial charge in [0.05, 0.1) is 39.0 Å². The number of nitrogens with zero attached hydrogens (tertiary/aromatic N) is 4. The van der Waals surface area contributed by atoms with Crippen molar-refractivity contribution in [2.24, 2.45) is 0 Å². The number of fused-ring (bicyclic) bond motifs is 1. The number of nitrogens with one attached hydrogen (secondary N) is 4. The first-order chi connectivity index (χ1) is 22.4. The van der Waals surface area contributed by atoms with E-state index in [0.717, 1.165) is 44.5 Å². The van der Waals surface area contributed by atoms with Crippen LogP contribution in [0.3, 0.4) is 0 Å². The van der Waals surface area contributed by atoms with Crippen LogP contribution in [0.1, 0.15) is 54.8 Å². The molecule has 0 spiro atoms. The zero-order chi connectivity index (χ0) is 31.7. The van der Waals surface area contributed by atoms with E-state index in [9.17, 15) is 9.65 Å². The van der Waals surface area contributed by atoms with Crippen molar-refractivity contribution in [2.45, 2.75) is 49.6 Å². The van der Waals surface area contributed by atoms with Crippen LogP contribution in [0.2, 0.25) is 5.02 Å². The molecule has 8 nitrogen and oxygen atoms in total. The number of nitriles is 1. The maximum absolute atomic E-state index is 14.0. The molecule has 1 aliphatic carbocycles. The van der Waals surface area contributed by atoms with Gasteiger partial charge in [0.15, 0.2) is 0 Å². The minimum atomic E-state index is -1.28. The smallest absolute Gasteiger partial charge is 0.123 e. The van der Waals surface area contributed by atoms with Gasteiger partial charge in [0.2, 0.25) is 0 Å². The summed E-state index contributed by atoms with van der Waals surface area (Å²) in [6.07, 6.45) is 9.02. The van der Waals surface area contributed by atoms with E-state index in [1.807, 2.05) is 35.5 Å². The van der Waals surface area contributed by atoms with E-state index >= 15 is 0 Å². The molecule has 4 aromatic rings. The molecule has 2 radical (unpaired) electrons. The highest BCUT2D eigenvalue weighted by Crippen LogP contribution is 2.39. The van der Waals surface area contributed by atoms with Crippen molar-refractivity contribution >= 4 is 41.7 Å². The van der Waals surface area contributed by atoms with Crippen molar-refractivity contribution < 1.29 is 4.39 Å². The van der Waals surface area contributed by atoms with Gasteiger partial charge >= 0.3 is 0 Å². The van der Waals surface area contributed by atoms with Crippen molar-refractivity contribution in [1.29, 1.82) is 5.26 Å². The summed E-state index contributed by atoms with van der Waals surface area (Å²) in [7, 11) is 7.17. The first-order valence-corrected chi connectivity index (χ1v) is 16.2. The number of aromatic nitrogens is 1. The molecule has 3 heterocycles. The Morgan fingerprint density at radius 1 is 1.11 bits per heavy atom. The number of hydrogen-bond acceptors (Lipinski definition) is 8. The van der Waals surface area contributed by atoms with E-state index in [1.54, 1.807) is 24.4 Å². The fourth-order valence-corrected chi connectivity index (χ4v) is 6.65. The van der Waals surface area contributed by atoms with E-state index in [4.69, 9.17) is 19.4 Å². The molecule has 46 heavy (non-hydrogen) atoms. The Kier molecular flexibility index (Phi) is 8.47. The molecule has 0 amide bonds. The summed E-state index contributed by atoms with van der Waals surface area (Å²) in [5.74, 6) is -0.352. The largest absolute Gasteiger partial charge is 0.378 e. The van der Waals surface area contributed by atoms with E-state index in [-0.39, 0.29) is 11.9 Å². The van der Waals surface area contributed by atoms with Gasteiger partial charge < -0.3 is 21.0 Å². The highest BCUT2D eigenvalue weighted by molar-refractivity contribution is 6.36. The van der Waals surface area contributed by atoms with Gasteiger partial charge in [-0.3, -0.25) is 9.99 Å². The van der Waals surface area contributed by atoms with Gasteiger partial charge in [-0.1, -0.05) is 54.1 Å². The number of pyridine rings is 1. The summed E-state index contributed by atoms with van der Waals surface area (Å²) in [5, 5.41) is 20.5. The van der Waals surface area contributed by atoms with Gasteiger partial charge in [-0.2, -0.15) is 5.26 Å². The molecule has 1 saturated heterocycles. The first kappa shape index (κ1) is 30.4. The Labute approximate surface area is 275 Å². The number of benzene rings is 3. The predicted molar refractivity (Wildman–Crippen MR) is 181 cm³/mol. The van der Waals surface area contributed by atoms with Gasteiger partial charge in [0.25, 0.3) is 0 Å². The van der Waals surface area contributed by atoms with Crippen LogP contribution < -0.4 is 21.6 Å². The summed E-state index contributed by atoms with van der Waals surface area (Å²) >= 11 is 6.90. The second kappa shape index (κ2) is 12.8. The normalized spacial score (nSPS) is 18.5. The second-order valence-electron chi connectivity index (χ2n) is 12.3. The minimum Gasteiger partial charge on any atom is -0.378 e. The fourth-order valence-electron chi connectivity index (χ4n) is 6.39. The molecule has 1 saturated carbocycles. The molecule has 3 aliphatic rings. The predicted octanol–water partition coefficient (Wildman–Crippen LogP) is 6.30. The van der Waals surface area contributed by atoms with Gasteiger partial charge in [0.1, 0.15) is 19.7 Å². The quantitative estimate of drug-likeness (QED) is 0.143. The monoisotopic (exact) mass is 632 g/mol. The summed E-state index contributed by atoms with van der Waals surface area (Å²) in [6.45, 7) is 3.18. The minimum absolute atomic E-state index is 0.0463. The molecule has 232 valence electrons. The Balaban J connectivity index is 1.28. The van der Waals surface area contributed by atoms with E-state index in [1.165, 1.54) is 25.0 Å². The molecule has 2 aliphatic heterocycles. The maximum Gasteiger partial charge on any atom is 0.123 e. The number of rotatable bonds is 11. The third kappa shape index (κ3) is 6.23. The van der Waals surface area contributed by atoms with Crippen molar-refractivity contribution in [3.8, 4) is 6.07 Å².